The summed E-state index contributed by atoms with van der Waals surface area (Å²) in [4.78, 5) is 0. The fourth-order valence-corrected chi connectivity index (χ4v) is 6.17. The molecule has 2 aromatic carbocycles. The van der Waals surface area contributed by atoms with Crippen LogP contribution in [0.2, 0.25) is 0 Å². The fourth-order valence-electron chi connectivity index (χ4n) is 5.77. The summed E-state index contributed by atoms with van der Waals surface area (Å²) in [5, 5.41) is 1.14. The molecule has 43 heavy (non-hydrogen) atoms. The molecule has 0 N–H and O–H groups in total. The zero-order valence-electron chi connectivity index (χ0n) is 28.4. The number of hydrogen-bond donors (Lipinski definition) is 0. The molecule has 0 bridgehead atoms. The number of nitrogens with zero attached hydrogens (tertiary/aromatic N) is 1. The first-order chi connectivity index (χ1) is 19.9. The van der Waals surface area contributed by atoms with Crippen molar-refractivity contribution in [1.29, 1.82) is 0 Å². The summed E-state index contributed by atoms with van der Waals surface area (Å²) in [6, 6.07) is 17.2. The lowest BCUT2D eigenvalue weighted by Crippen LogP contribution is -3.00. The molecule has 0 aromatic heterocycles. The first kappa shape index (κ1) is 39.9. The highest BCUT2D eigenvalue weighted by atomic mass is 79.9. The van der Waals surface area contributed by atoms with Gasteiger partial charge in [0.1, 0.15) is 31.2 Å². The molecule has 2 rings (SSSR count). The van der Waals surface area contributed by atoms with Crippen LogP contribution < -0.4 is 26.5 Å². The van der Waals surface area contributed by atoms with Gasteiger partial charge in [0.15, 0.2) is 0 Å². The van der Waals surface area contributed by atoms with E-state index in [-0.39, 0.29) is 22.4 Å². The standard InChI is InChI=1S/C37H61BrNO3.BrH/c1-36(2,3)31-37(4,5)33-18-22-35(23-19-33)42-29-28-40-27-25-39(6,7)30-32-16-20-34(21-17-32)41-26-15-13-11-9-8-10-12-14-24-38;/h16-23H,8-15,24-31H2,1-7H3;1H/q+1;/p-1. The Balaban J connectivity index is 0.00000924. The maximum Gasteiger partial charge on any atom is 0.119 e. The van der Waals surface area contributed by atoms with Crippen LogP contribution in [-0.2, 0) is 16.7 Å². The molecule has 0 aliphatic carbocycles. The van der Waals surface area contributed by atoms with Crippen molar-refractivity contribution < 1.29 is 35.7 Å². The molecule has 0 fully saturated rings. The lowest BCUT2D eigenvalue weighted by Gasteiger charge is -2.33. The van der Waals surface area contributed by atoms with Gasteiger partial charge in [-0.1, -0.05) is 101 Å². The number of benzene rings is 2. The van der Waals surface area contributed by atoms with Gasteiger partial charge in [0.05, 0.1) is 33.9 Å². The maximum atomic E-state index is 5.98. The highest BCUT2D eigenvalue weighted by Gasteiger charge is 2.27. The Kier molecular flexibility index (Phi) is 19.4. The molecule has 0 spiro atoms. The van der Waals surface area contributed by atoms with Gasteiger partial charge < -0.3 is 35.7 Å². The minimum absolute atomic E-state index is 0. The third-order valence-corrected chi connectivity index (χ3v) is 8.34. The zero-order chi connectivity index (χ0) is 30.9. The van der Waals surface area contributed by atoms with Crippen LogP contribution in [0.4, 0.5) is 0 Å². The average molecular weight is 728 g/mol. The second kappa shape index (κ2) is 20.9. The third-order valence-electron chi connectivity index (χ3n) is 7.78. The highest BCUT2D eigenvalue weighted by molar-refractivity contribution is 9.09. The van der Waals surface area contributed by atoms with E-state index in [2.05, 4.69) is 113 Å². The summed E-state index contributed by atoms with van der Waals surface area (Å²) >= 11 is 3.50. The van der Waals surface area contributed by atoms with Gasteiger partial charge in [-0.05, 0) is 72.1 Å². The summed E-state index contributed by atoms with van der Waals surface area (Å²) < 4.78 is 18.7. The first-order valence-corrected chi connectivity index (χ1v) is 17.4. The Morgan fingerprint density at radius 1 is 0.628 bits per heavy atom. The predicted molar refractivity (Wildman–Crippen MR) is 183 cm³/mol. The lowest BCUT2D eigenvalue weighted by molar-refractivity contribution is -0.904. The second-order valence-corrected chi connectivity index (χ2v) is 15.2. The number of alkyl halides is 1. The molecule has 4 nitrogen and oxygen atoms in total. The smallest absolute Gasteiger partial charge is 0.119 e. The largest absolute Gasteiger partial charge is 1.00 e. The van der Waals surface area contributed by atoms with Crippen LogP contribution in [0, 0.1) is 5.41 Å². The van der Waals surface area contributed by atoms with E-state index in [1.807, 2.05) is 0 Å². The molecule has 0 atom stereocenters. The fraction of sp³-hybridized carbons (Fsp3) is 0.676. The Labute approximate surface area is 283 Å². The van der Waals surface area contributed by atoms with E-state index in [9.17, 15) is 0 Å². The Morgan fingerprint density at radius 2 is 1.14 bits per heavy atom. The van der Waals surface area contributed by atoms with Crippen LogP contribution in [-0.4, -0.2) is 56.9 Å². The molecule has 0 saturated carbocycles. The van der Waals surface area contributed by atoms with Crippen LogP contribution in [0.15, 0.2) is 48.5 Å². The van der Waals surface area contributed by atoms with Crippen molar-refractivity contribution in [3.8, 4) is 11.5 Å². The molecule has 6 heteroatoms. The summed E-state index contributed by atoms with van der Waals surface area (Å²) in [6.45, 7) is 16.2. The lowest BCUT2D eigenvalue weighted by atomic mass is 9.72. The Hall–Kier alpha value is -1.08. The van der Waals surface area contributed by atoms with Gasteiger partial charge in [0.25, 0.3) is 0 Å². The molecule has 246 valence electrons. The molecular formula is C37H61Br2NO3. The minimum Gasteiger partial charge on any atom is -1.00 e. The van der Waals surface area contributed by atoms with Gasteiger partial charge in [-0.3, -0.25) is 0 Å². The molecule has 2 aromatic rings. The van der Waals surface area contributed by atoms with Crippen LogP contribution in [0.3, 0.4) is 0 Å². The molecule has 0 aliphatic rings. The number of unbranched alkanes of at least 4 members (excludes halogenated alkanes) is 7. The van der Waals surface area contributed by atoms with E-state index in [0.29, 0.717) is 25.2 Å². The van der Waals surface area contributed by atoms with Crippen molar-refractivity contribution in [3.63, 3.8) is 0 Å². The number of hydrogen-bond acceptors (Lipinski definition) is 3. The monoisotopic (exact) mass is 725 g/mol. The molecular weight excluding hydrogens is 666 g/mol. The number of halogens is 2. The van der Waals surface area contributed by atoms with Crippen molar-refractivity contribution in [3.05, 3.63) is 59.7 Å². The van der Waals surface area contributed by atoms with E-state index in [1.54, 1.807) is 0 Å². The summed E-state index contributed by atoms with van der Waals surface area (Å²) in [7, 11) is 4.52. The molecule has 0 unspecified atom stereocenters. The van der Waals surface area contributed by atoms with Gasteiger partial charge >= 0.3 is 0 Å². The van der Waals surface area contributed by atoms with Crippen molar-refractivity contribution >= 4 is 15.9 Å². The molecule has 0 heterocycles. The van der Waals surface area contributed by atoms with Gasteiger partial charge in [0, 0.05) is 10.9 Å². The number of ether oxygens (including phenoxy) is 3. The minimum atomic E-state index is 0. The van der Waals surface area contributed by atoms with Gasteiger partial charge in [-0.2, -0.15) is 0 Å². The van der Waals surface area contributed by atoms with E-state index >= 15 is 0 Å². The summed E-state index contributed by atoms with van der Waals surface area (Å²) in [5.41, 5.74) is 3.13. The number of likely N-dealkylation sites (N-methyl/N-ethyl adjacent to an activating group) is 1. The topological polar surface area (TPSA) is 27.7 Å². The van der Waals surface area contributed by atoms with Gasteiger partial charge in [0.2, 0.25) is 0 Å². The van der Waals surface area contributed by atoms with E-state index in [4.69, 9.17) is 14.2 Å². The normalized spacial score (nSPS) is 12.2. The van der Waals surface area contributed by atoms with Crippen molar-refractivity contribution in [2.75, 3.05) is 52.4 Å². The van der Waals surface area contributed by atoms with Gasteiger partial charge in [-0.15, -0.1) is 0 Å². The van der Waals surface area contributed by atoms with Crippen molar-refractivity contribution in [2.45, 2.75) is 104 Å². The second-order valence-electron chi connectivity index (χ2n) is 14.4. The summed E-state index contributed by atoms with van der Waals surface area (Å²) in [6.07, 6.45) is 11.6. The summed E-state index contributed by atoms with van der Waals surface area (Å²) in [5.74, 6) is 1.88. The maximum absolute atomic E-state index is 5.98. The van der Waals surface area contributed by atoms with Crippen molar-refractivity contribution in [2.24, 2.45) is 5.41 Å². The highest BCUT2D eigenvalue weighted by Crippen LogP contribution is 2.36. The van der Waals surface area contributed by atoms with Crippen LogP contribution >= 0.6 is 15.9 Å². The molecule has 0 radical (unpaired) electrons. The van der Waals surface area contributed by atoms with Gasteiger partial charge in [-0.25, -0.2) is 0 Å². The quantitative estimate of drug-likeness (QED) is 0.0746. The van der Waals surface area contributed by atoms with E-state index in [0.717, 1.165) is 53.9 Å². The van der Waals surface area contributed by atoms with Crippen LogP contribution in [0.25, 0.3) is 0 Å². The Bertz CT molecular complexity index is 969. The Morgan fingerprint density at radius 3 is 1.70 bits per heavy atom. The molecule has 0 saturated heterocycles. The SMILES string of the molecule is CC(C)(C)CC(C)(C)c1ccc(OCCOCC[N+](C)(C)Cc2ccc(OCCCCCCCCCCBr)cc2)cc1.[Br-]. The number of rotatable bonds is 22. The predicted octanol–water partition coefficient (Wildman–Crippen LogP) is 6.97. The van der Waals surface area contributed by atoms with Crippen LogP contribution in [0.5, 0.6) is 11.5 Å². The third kappa shape index (κ3) is 18.5. The average Bonchev–Trinajstić information content (AvgIpc) is 2.91. The van der Waals surface area contributed by atoms with E-state index in [1.165, 1.54) is 56.1 Å². The molecule has 0 amide bonds. The van der Waals surface area contributed by atoms with Crippen LogP contribution in [0.1, 0.15) is 104 Å². The number of quaternary nitrogens is 1. The molecule has 0 aliphatic heterocycles. The first-order valence-electron chi connectivity index (χ1n) is 16.3. The van der Waals surface area contributed by atoms with Crippen molar-refractivity contribution in [1.82, 2.24) is 0 Å². The zero-order valence-corrected chi connectivity index (χ0v) is 31.5. The van der Waals surface area contributed by atoms with E-state index < -0.39 is 0 Å².